The molecule has 20 heavy (non-hydrogen) atoms. The second kappa shape index (κ2) is 5.94. The normalized spacial score (nSPS) is 19.2. The first-order valence-electron chi connectivity index (χ1n) is 7.77. The highest BCUT2D eigenvalue weighted by atomic mass is 19.1. The molecule has 0 saturated heterocycles. The van der Waals surface area contributed by atoms with Crippen LogP contribution in [0.15, 0.2) is 24.3 Å². The molecule has 0 unspecified atom stereocenters. The minimum Gasteiger partial charge on any atom is -0.335 e. The van der Waals surface area contributed by atoms with Gasteiger partial charge in [0.15, 0.2) is 0 Å². The smallest absolute Gasteiger partial charge is 0.223 e. The molecule has 0 heterocycles. The molecular formula is C17H22FNO. The van der Waals surface area contributed by atoms with Crippen LogP contribution in [0.1, 0.15) is 50.5 Å². The maximum atomic E-state index is 13.8. The summed E-state index contributed by atoms with van der Waals surface area (Å²) in [6.07, 6.45) is 7.69. The van der Waals surface area contributed by atoms with Crippen molar-refractivity contribution in [3.05, 3.63) is 35.6 Å². The van der Waals surface area contributed by atoms with E-state index in [9.17, 15) is 9.18 Å². The van der Waals surface area contributed by atoms with Crippen molar-refractivity contribution in [1.82, 2.24) is 4.90 Å². The Labute approximate surface area is 120 Å². The lowest BCUT2D eigenvalue weighted by Gasteiger charge is -2.24. The van der Waals surface area contributed by atoms with E-state index in [1.165, 1.54) is 31.7 Å². The number of amides is 1. The van der Waals surface area contributed by atoms with Gasteiger partial charge in [-0.25, -0.2) is 4.39 Å². The molecule has 1 aromatic rings. The number of carbonyl (C=O) groups excluding carboxylic acids is 1. The quantitative estimate of drug-likeness (QED) is 0.798. The standard InChI is InChI=1S/C17H22FNO/c18-16-8-4-3-7-14(16)12-19(15-9-10-15)17(20)11-13-5-1-2-6-13/h3-4,7-8,13,15H,1-2,5-6,9-12H2. The van der Waals surface area contributed by atoms with Crippen molar-refractivity contribution >= 4 is 5.91 Å². The molecule has 108 valence electrons. The number of rotatable bonds is 5. The molecule has 2 aliphatic carbocycles. The number of carbonyl (C=O) groups is 1. The summed E-state index contributed by atoms with van der Waals surface area (Å²) < 4.78 is 13.8. The van der Waals surface area contributed by atoms with E-state index in [2.05, 4.69) is 0 Å². The number of hydrogen-bond donors (Lipinski definition) is 0. The Balaban J connectivity index is 1.66. The summed E-state index contributed by atoms with van der Waals surface area (Å²) in [6.45, 7) is 0.433. The van der Waals surface area contributed by atoms with E-state index in [-0.39, 0.29) is 11.7 Å². The first-order valence-corrected chi connectivity index (χ1v) is 7.77. The third-order valence-corrected chi connectivity index (χ3v) is 4.54. The van der Waals surface area contributed by atoms with Gasteiger partial charge < -0.3 is 4.90 Å². The average molecular weight is 275 g/mol. The zero-order valence-corrected chi connectivity index (χ0v) is 11.9. The van der Waals surface area contributed by atoms with Crippen molar-refractivity contribution < 1.29 is 9.18 Å². The fourth-order valence-electron chi connectivity index (χ4n) is 3.20. The molecule has 0 aliphatic heterocycles. The first-order chi connectivity index (χ1) is 9.74. The van der Waals surface area contributed by atoms with E-state index in [1.807, 2.05) is 11.0 Å². The van der Waals surface area contributed by atoms with E-state index < -0.39 is 0 Å². The topological polar surface area (TPSA) is 20.3 Å². The largest absolute Gasteiger partial charge is 0.335 e. The molecule has 1 aromatic carbocycles. The van der Waals surface area contributed by atoms with Gasteiger partial charge in [0.1, 0.15) is 5.82 Å². The molecule has 2 aliphatic rings. The van der Waals surface area contributed by atoms with Gasteiger partial charge >= 0.3 is 0 Å². The second-order valence-electron chi connectivity index (χ2n) is 6.20. The minimum absolute atomic E-state index is 0.202. The number of nitrogens with zero attached hydrogens (tertiary/aromatic N) is 1. The maximum absolute atomic E-state index is 13.8. The van der Waals surface area contributed by atoms with Crippen LogP contribution in [0.5, 0.6) is 0 Å². The van der Waals surface area contributed by atoms with Crippen LogP contribution in [0.25, 0.3) is 0 Å². The van der Waals surface area contributed by atoms with Crippen LogP contribution in [-0.4, -0.2) is 16.8 Å². The number of halogens is 1. The molecule has 3 rings (SSSR count). The van der Waals surface area contributed by atoms with Crippen molar-refractivity contribution in [3.8, 4) is 0 Å². The molecular weight excluding hydrogens is 253 g/mol. The van der Waals surface area contributed by atoms with Gasteiger partial charge in [0.05, 0.1) is 0 Å². The van der Waals surface area contributed by atoms with Crippen LogP contribution >= 0.6 is 0 Å². The van der Waals surface area contributed by atoms with Crippen molar-refractivity contribution in [2.45, 2.75) is 57.5 Å². The Morgan fingerprint density at radius 3 is 2.50 bits per heavy atom. The van der Waals surface area contributed by atoms with Gasteiger partial charge in [0.25, 0.3) is 0 Å². The van der Waals surface area contributed by atoms with Crippen LogP contribution in [0.3, 0.4) is 0 Å². The Morgan fingerprint density at radius 1 is 1.15 bits per heavy atom. The second-order valence-corrected chi connectivity index (χ2v) is 6.20. The molecule has 0 radical (unpaired) electrons. The first kappa shape index (κ1) is 13.6. The van der Waals surface area contributed by atoms with E-state index in [0.717, 1.165) is 12.8 Å². The predicted molar refractivity (Wildman–Crippen MR) is 76.5 cm³/mol. The van der Waals surface area contributed by atoms with Crippen molar-refractivity contribution in [1.29, 1.82) is 0 Å². The van der Waals surface area contributed by atoms with E-state index >= 15 is 0 Å². The Morgan fingerprint density at radius 2 is 1.85 bits per heavy atom. The lowest BCUT2D eigenvalue weighted by molar-refractivity contribution is -0.133. The van der Waals surface area contributed by atoms with Gasteiger partial charge in [0.2, 0.25) is 5.91 Å². The van der Waals surface area contributed by atoms with Gasteiger partial charge in [-0.05, 0) is 37.7 Å². The third-order valence-electron chi connectivity index (χ3n) is 4.54. The highest BCUT2D eigenvalue weighted by Crippen LogP contribution is 2.33. The highest BCUT2D eigenvalue weighted by Gasteiger charge is 2.34. The van der Waals surface area contributed by atoms with Crippen molar-refractivity contribution in [3.63, 3.8) is 0 Å². The molecule has 3 heteroatoms. The zero-order valence-electron chi connectivity index (χ0n) is 11.9. The monoisotopic (exact) mass is 275 g/mol. The fraction of sp³-hybridized carbons (Fsp3) is 0.588. The fourth-order valence-corrected chi connectivity index (χ4v) is 3.20. The predicted octanol–water partition coefficient (Wildman–Crippen LogP) is 3.90. The van der Waals surface area contributed by atoms with Gasteiger partial charge in [-0.2, -0.15) is 0 Å². The molecule has 2 nitrogen and oxygen atoms in total. The minimum atomic E-state index is -0.202. The zero-order chi connectivity index (χ0) is 13.9. The average Bonchev–Trinajstić information content (AvgIpc) is 3.15. The Hall–Kier alpha value is -1.38. The maximum Gasteiger partial charge on any atom is 0.223 e. The van der Waals surface area contributed by atoms with Crippen molar-refractivity contribution in [2.75, 3.05) is 0 Å². The van der Waals surface area contributed by atoms with Gasteiger partial charge in [-0.15, -0.1) is 0 Å². The van der Waals surface area contributed by atoms with Gasteiger partial charge in [-0.1, -0.05) is 31.0 Å². The summed E-state index contributed by atoms with van der Waals surface area (Å²) in [5, 5.41) is 0. The molecule has 0 spiro atoms. The summed E-state index contributed by atoms with van der Waals surface area (Å²) in [5.74, 6) is 0.582. The van der Waals surface area contributed by atoms with Gasteiger partial charge in [-0.3, -0.25) is 4.79 Å². The van der Waals surface area contributed by atoms with Crippen molar-refractivity contribution in [2.24, 2.45) is 5.92 Å². The van der Waals surface area contributed by atoms with Crippen LogP contribution in [0.2, 0.25) is 0 Å². The van der Waals surface area contributed by atoms with Crippen LogP contribution in [0.4, 0.5) is 4.39 Å². The van der Waals surface area contributed by atoms with Gasteiger partial charge in [0, 0.05) is 24.6 Å². The number of hydrogen-bond acceptors (Lipinski definition) is 1. The molecule has 0 atom stereocenters. The van der Waals surface area contributed by atoms with E-state index in [4.69, 9.17) is 0 Å². The molecule has 1 amide bonds. The summed E-state index contributed by atoms with van der Waals surface area (Å²) >= 11 is 0. The summed E-state index contributed by atoms with van der Waals surface area (Å²) in [6, 6.07) is 7.14. The molecule has 2 saturated carbocycles. The highest BCUT2D eigenvalue weighted by molar-refractivity contribution is 5.77. The van der Waals surface area contributed by atoms with Crippen LogP contribution < -0.4 is 0 Å². The van der Waals surface area contributed by atoms with E-state index in [1.54, 1.807) is 12.1 Å². The summed E-state index contributed by atoms with van der Waals surface area (Å²) in [5.41, 5.74) is 0.638. The number of benzene rings is 1. The summed E-state index contributed by atoms with van der Waals surface area (Å²) in [4.78, 5) is 14.4. The molecule has 2 fully saturated rings. The Bertz CT molecular complexity index is 478. The van der Waals surface area contributed by atoms with E-state index in [0.29, 0.717) is 30.5 Å². The Kier molecular flexibility index (Phi) is 4.04. The lowest BCUT2D eigenvalue weighted by Crippen LogP contribution is -2.33. The lowest BCUT2D eigenvalue weighted by atomic mass is 10.0. The third kappa shape index (κ3) is 3.20. The van der Waals surface area contributed by atoms with Crippen LogP contribution in [0, 0.1) is 11.7 Å². The van der Waals surface area contributed by atoms with Crippen LogP contribution in [-0.2, 0) is 11.3 Å². The summed E-state index contributed by atoms with van der Waals surface area (Å²) in [7, 11) is 0. The molecule has 0 N–H and O–H groups in total. The molecule has 0 aromatic heterocycles. The SMILES string of the molecule is O=C(CC1CCCC1)N(Cc1ccccc1F)C1CC1. The molecule has 0 bridgehead atoms.